The van der Waals surface area contributed by atoms with Crippen molar-refractivity contribution >= 4 is 28.4 Å². The Kier molecular flexibility index (Phi) is 7.33. The van der Waals surface area contributed by atoms with Gasteiger partial charge in [0.1, 0.15) is 6.29 Å². The van der Waals surface area contributed by atoms with Crippen LogP contribution in [0, 0.1) is 11.9 Å². The number of ether oxygens (including phenoxy) is 1. The van der Waals surface area contributed by atoms with Crippen LogP contribution in [0.4, 0.5) is 10.1 Å². The zero-order valence-corrected chi connectivity index (χ0v) is 22.4. The minimum absolute atomic E-state index is 0.186. The number of piperidine rings is 1. The SMILES string of the molecule is CCCC1=C(c2ccc(N3CCC(C=O)CC3)cc2)c2ccc3c(c(F)nn3C3CCCCO3)c2CCC1. The summed E-state index contributed by atoms with van der Waals surface area (Å²) in [6, 6.07) is 13.2. The van der Waals surface area contributed by atoms with E-state index in [1.54, 1.807) is 4.68 Å². The summed E-state index contributed by atoms with van der Waals surface area (Å²) < 4.78 is 23.3. The van der Waals surface area contributed by atoms with Crippen molar-refractivity contribution in [3.63, 3.8) is 0 Å². The Hall–Kier alpha value is -2.99. The van der Waals surface area contributed by atoms with Gasteiger partial charge in [-0.25, -0.2) is 4.68 Å². The van der Waals surface area contributed by atoms with Gasteiger partial charge >= 0.3 is 0 Å². The molecule has 2 aromatic carbocycles. The van der Waals surface area contributed by atoms with Crippen LogP contribution in [0.1, 0.15) is 87.6 Å². The Bertz CT molecular complexity index is 1330. The third-order valence-corrected chi connectivity index (χ3v) is 8.70. The summed E-state index contributed by atoms with van der Waals surface area (Å²) in [7, 11) is 0. The van der Waals surface area contributed by atoms with E-state index in [2.05, 4.69) is 53.3 Å². The summed E-state index contributed by atoms with van der Waals surface area (Å²) in [6.07, 6.45) is 10.8. The molecular weight excluding hydrogens is 477 g/mol. The summed E-state index contributed by atoms with van der Waals surface area (Å²) >= 11 is 0. The van der Waals surface area contributed by atoms with Crippen molar-refractivity contribution in [2.45, 2.75) is 77.4 Å². The third-order valence-electron chi connectivity index (χ3n) is 8.70. The molecule has 0 N–H and O–H groups in total. The van der Waals surface area contributed by atoms with Gasteiger partial charge in [0.2, 0.25) is 5.95 Å². The van der Waals surface area contributed by atoms with E-state index in [9.17, 15) is 4.79 Å². The Labute approximate surface area is 224 Å². The predicted molar refractivity (Wildman–Crippen MR) is 150 cm³/mol. The van der Waals surface area contributed by atoms with Crippen molar-refractivity contribution in [1.29, 1.82) is 0 Å². The maximum Gasteiger partial charge on any atom is 0.240 e. The Balaban J connectivity index is 1.40. The lowest BCUT2D eigenvalue weighted by atomic mass is 9.88. The number of carbonyl (C=O) groups excluding carboxylic acids is 1. The summed E-state index contributed by atoms with van der Waals surface area (Å²) in [5.74, 6) is -0.181. The summed E-state index contributed by atoms with van der Waals surface area (Å²) in [5, 5.41) is 5.03. The van der Waals surface area contributed by atoms with Crippen molar-refractivity contribution in [2.24, 2.45) is 5.92 Å². The van der Waals surface area contributed by atoms with Crippen molar-refractivity contribution in [3.05, 3.63) is 64.6 Å². The van der Waals surface area contributed by atoms with E-state index >= 15 is 4.39 Å². The van der Waals surface area contributed by atoms with Crippen LogP contribution in [0.15, 0.2) is 42.0 Å². The van der Waals surface area contributed by atoms with Crippen LogP contribution in [0.5, 0.6) is 0 Å². The van der Waals surface area contributed by atoms with Gasteiger partial charge in [0.25, 0.3) is 0 Å². The molecule has 6 heteroatoms. The number of aryl methyl sites for hydroxylation is 1. The van der Waals surface area contributed by atoms with Gasteiger partial charge in [0, 0.05) is 31.3 Å². The molecule has 3 aliphatic rings. The Morgan fingerprint density at radius 3 is 2.55 bits per heavy atom. The van der Waals surface area contributed by atoms with E-state index in [0.717, 1.165) is 100 Å². The number of halogens is 1. The second-order valence-electron chi connectivity index (χ2n) is 11.1. The van der Waals surface area contributed by atoms with Gasteiger partial charge in [-0.05, 0) is 98.2 Å². The highest BCUT2D eigenvalue weighted by Crippen LogP contribution is 2.41. The first kappa shape index (κ1) is 25.3. The predicted octanol–water partition coefficient (Wildman–Crippen LogP) is 7.23. The maximum absolute atomic E-state index is 15.5. The van der Waals surface area contributed by atoms with Crippen LogP contribution < -0.4 is 4.90 Å². The fourth-order valence-corrected chi connectivity index (χ4v) is 6.72. The molecule has 0 saturated carbocycles. The van der Waals surface area contributed by atoms with Crippen LogP contribution in [0.3, 0.4) is 0 Å². The van der Waals surface area contributed by atoms with E-state index in [0.29, 0.717) is 12.0 Å². The zero-order chi connectivity index (χ0) is 26.1. The Morgan fingerprint density at radius 1 is 1.03 bits per heavy atom. The van der Waals surface area contributed by atoms with Gasteiger partial charge in [-0.15, -0.1) is 5.10 Å². The number of benzene rings is 2. The Morgan fingerprint density at radius 2 is 1.84 bits per heavy atom. The molecule has 2 aliphatic heterocycles. The number of carbonyl (C=O) groups is 1. The van der Waals surface area contributed by atoms with Crippen LogP contribution in [-0.4, -0.2) is 35.8 Å². The summed E-state index contributed by atoms with van der Waals surface area (Å²) in [6.45, 7) is 4.78. The normalized spacial score (nSPS) is 21.0. The van der Waals surface area contributed by atoms with Gasteiger partial charge in [-0.2, -0.15) is 4.39 Å². The number of aldehydes is 1. The van der Waals surface area contributed by atoms with Crippen molar-refractivity contribution in [1.82, 2.24) is 9.78 Å². The van der Waals surface area contributed by atoms with E-state index in [1.165, 1.54) is 22.4 Å². The molecule has 0 bridgehead atoms. The van der Waals surface area contributed by atoms with Crippen LogP contribution in [-0.2, 0) is 16.0 Å². The minimum atomic E-state index is -0.376. The zero-order valence-electron chi connectivity index (χ0n) is 22.4. The third kappa shape index (κ3) is 4.68. The molecule has 200 valence electrons. The number of fused-ring (bicyclic) bond motifs is 3. The van der Waals surface area contributed by atoms with E-state index in [-0.39, 0.29) is 18.1 Å². The number of allylic oxidation sites excluding steroid dienone is 1. The second-order valence-corrected chi connectivity index (χ2v) is 11.1. The molecule has 3 heterocycles. The van der Waals surface area contributed by atoms with Crippen molar-refractivity contribution < 1.29 is 13.9 Å². The van der Waals surface area contributed by atoms with Gasteiger partial charge < -0.3 is 14.4 Å². The lowest BCUT2D eigenvalue weighted by molar-refractivity contribution is -0.111. The summed E-state index contributed by atoms with van der Waals surface area (Å²) in [4.78, 5) is 13.5. The highest BCUT2D eigenvalue weighted by Gasteiger charge is 2.27. The smallest absolute Gasteiger partial charge is 0.240 e. The molecule has 0 radical (unpaired) electrons. The second kappa shape index (κ2) is 11.0. The first-order valence-corrected chi connectivity index (χ1v) is 14.5. The molecule has 0 amide bonds. The molecule has 2 fully saturated rings. The summed E-state index contributed by atoms with van der Waals surface area (Å²) in [5.41, 5.74) is 8.23. The molecule has 6 rings (SSSR count). The quantitative estimate of drug-likeness (QED) is 0.325. The lowest BCUT2D eigenvalue weighted by Crippen LogP contribution is -2.34. The molecule has 2 saturated heterocycles. The number of hydrogen-bond donors (Lipinski definition) is 0. The molecule has 1 atom stereocenters. The van der Waals surface area contributed by atoms with Gasteiger partial charge in [-0.1, -0.05) is 37.1 Å². The number of rotatable bonds is 6. The molecule has 5 nitrogen and oxygen atoms in total. The van der Waals surface area contributed by atoms with Crippen LogP contribution in [0.2, 0.25) is 0 Å². The fourth-order valence-electron chi connectivity index (χ4n) is 6.72. The molecule has 0 spiro atoms. The van der Waals surface area contributed by atoms with Crippen LogP contribution in [0.25, 0.3) is 16.5 Å². The van der Waals surface area contributed by atoms with Gasteiger partial charge in [-0.3, -0.25) is 0 Å². The topological polar surface area (TPSA) is 47.4 Å². The van der Waals surface area contributed by atoms with Crippen molar-refractivity contribution in [3.8, 4) is 0 Å². The number of aromatic nitrogens is 2. The molecular formula is C32H38FN3O2. The molecule has 1 aromatic heterocycles. The average Bonchev–Trinajstić information content (AvgIpc) is 3.20. The van der Waals surface area contributed by atoms with Crippen molar-refractivity contribution in [2.75, 3.05) is 24.6 Å². The maximum atomic E-state index is 15.5. The number of anilines is 1. The molecule has 3 aromatic rings. The molecule has 1 aliphatic carbocycles. The highest BCUT2D eigenvalue weighted by atomic mass is 19.1. The standard InChI is InChI=1S/C32H38FN3O2/c1-2-6-23-7-5-8-26-27(14-15-28-31(26)32(33)34-36(28)29-9-3-4-20-38-29)30(23)24-10-12-25(13-11-24)35-18-16-22(21-37)17-19-35/h10-15,21-22,29H,2-9,16-20H2,1H3. The van der Waals surface area contributed by atoms with E-state index in [4.69, 9.17) is 4.74 Å². The van der Waals surface area contributed by atoms with E-state index in [1.807, 2.05) is 0 Å². The van der Waals surface area contributed by atoms with Gasteiger partial charge in [0.05, 0.1) is 10.9 Å². The highest BCUT2D eigenvalue weighted by molar-refractivity contribution is 5.93. The first-order chi connectivity index (χ1) is 18.7. The first-order valence-electron chi connectivity index (χ1n) is 14.5. The average molecular weight is 516 g/mol. The fraction of sp³-hybridized carbons (Fsp3) is 0.500. The molecule has 38 heavy (non-hydrogen) atoms. The largest absolute Gasteiger partial charge is 0.371 e. The van der Waals surface area contributed by atoms with Gasteiger partial charge in [0.15, 0.2) is 6.23 Å². The number of nitrogens with zero attached hydrogens (tertiary/aromatic N) is 3. The molecule has 1 unspecified atom stereocenters. The minimum Gasteiger partial charge on any atom is -0.371 e. The monoisotopic (exact) mass is 515 g/mol. The van der Waals surface area contributed by atoms with E-state index < -0.39 is 0 Å². The lowest BCUT2D eigenvalue weighted by Gasteiger charge is -2.31. The van der Waals surface area contributed by atoms with Crippen LogP contribution >= 0.6 is 0 Å². The number of hydrogen-bond acceptors (Lipinski definition) is 4.